The van der Waals surface area contributed by atoms with Crippen LogP contribution in [0.1, 0.15) is 11.4 Å². The van der Waals surface area contributed by atoms with Crippen LogP contribution < -0.4 is 5.73 Å². The Morgan fingerprint density at radius 3 is 2.81 bits per heavy atom. The van der Waals surface area contributed by atoms with Crippen molar-refractivity contribution in [3.63, 3.8) is 0 Å². The predicted molar refractivity (Wildman–Crippen MR) is 67.0 cm³/mol. The fourth-order valence-electron chi connectivity index (χ4n) is 1.56. The molecule has 0 fully saturated rings. The zero-order valence-corrected chi connectivity index (χ0v) is 10.3. The van der Waals surface area contributed by atoms with Gasteiger partial charge < -0.3 is 10.3 Å². The first kappa shape index (κ1) is 10.9. The van der Waals surface area contributed by atoms with Crippen molar-refractivity contribution in [1.29, 1.82) is 5.41 Å². The molecule has 0 saturated heterocycles. The second kappa shape index (κ2) is 4.09. The molecule has 0 radical (unpaired) electrons. The number of rotatable bonds is 2. The largest absolute Gasteiger partial charge is 0.384 e. The Balaban J connectivity index is 2.67. The third-order valence-corrected chi connectivity index (χ3v) is 2.83. The van der Waals surface area contributed by atoms with Gasteiger partial charge in [0.2, 0.25) is 0 Å². The highest BCUT2D eigenvalue weighted by atomic mass is 79.9. The van der Waals surface area contributed by atoms with Gasteiger partial charge in [0.25, 0.3) is 0 Å². The van der Waals surface area contributed by atoms with Crippen molar-refractivity contribution >= 4 is 21.8 Å². The van der Waals surface area contributed by atoms with E-state index in [4.69, 9.17) is 11.1 Å². The second-order valence-electron chi connectivity index (χ2n) is 3.42. The number of halogens is 1. The third-order valence-electron chi connectivity index (χ3n) is 2.34. The first-order valence-electron chi connectivity index (χ1n) is 4.74. The fourth-order valence-corrected chi connectivity index (χ4v) is 1.91. The van der Waals surface area contributed by atoms with Crippen LogP contribution in [0.3, 0.4) is 0 Å². The van der Waals surface area contributed by atoms with Crippen molar-refractivity contribution in [2.24, 2.45) is 5.73 Å². The molecular formula is C11H11BrN4. The quantitative estimate of drug-likeness (QED) is 0.653. The van der Waals surface area contributed by atoms with Gasteiger partial charge in [-0.1, -0.05) is 15.9 Å². The zero-order chi connectivity index (χ0) is 11.7. The maximum atomic E-state index is 7.55. The van der Waals surface area contributed by atoms with Crippen molar-refractivity contribution in [2.75, 3.05) is 0 Å². The first-order valence-corrected chi connectivity index (χ1v) is 5.53. The van der Waals surface area contributed by atoms with Crippen molar-refractivity contribution in [3.05, 3.63) is 46.5 Å². The number of nitrogens with one attached hydrogen (secondary N) is 1. The van der Waals surface area contributed by atoms with Crippen LogP contribution in [0.2, 0.25) is 0 Å². The fraction of sp³-hybridized carbons (Fsp3) is 0.0909. The number of nitrogens with two attached hydrogens (primary N) is 1. The number of hydrogen-bond donors (Lipinski definition) is 2. The lowest BCUT2D eigenvalue weighted by Crippen LogP contribution is -2.15. The Morgan fingerprint density at radius 2 is 2.25 bits per heavy atom. The summed E-state index contributed by atoms with van der Waals surface area (Å²) in [7, 11) is 0. The number of benzene rings is 1. The van der Waals surface area contributed by atoms with E-state index in [0.717, 1.165) is 16.0 Å². The Morgan fingerprint density at radius 1 is 1.50 bits per heavy atom. The van der Waals surface area contributed by atoms with Gasteiger partial charge in [0.1, 0.15) is 11.7 Å². The van der Waals surface area contributed by atoms with E-state index >= 15 is 0 Å². The lowest BCUT2D eigenvalue weighted by molar-refractivity contribution is 0.970. The van der Waals surface area contributed by atoms with E-state index in [1.54, 1.807) is 6.20 Å². The highest BCUT2D eigenvalue weighted by Crippen LogP contribution is 2.21. The maximum absolute atomic E-state index is 7.55. The van der Waals surface area contributed by atoms with E-state index in [-0.39, 0.29) is 5.84 Å². The summed E-state index contributed by atoms with van der Waals surface area (Å²) in [5, 5.41) is 7.55. The van der Waals surface area contributed by atoms with Gasteiger partial charge >= 0.3 is 0 Å². The van der Waals surface area contributed by atoms with Crippen molar-refractivity contribution < 1.29 is 0 Å². The normalized spacial score (nSPS) is 10.4. The van der Waals surface area contributed by atoms with Crippen LogP contribution in [0, 0.1) is 12.3 Å². The average molecular weight is 279 g/mol. The molecule has 1 heterocycles. The summed E-state index contributed by atoms with van der Waals surface area (Å²) in [4.78, 5) is 4.16. The van der Waals surface area contributed by atoms with Crippen molar-refractivity contribution in [1.82, 2.24) is 9.55 Å². The van der Waals surface area contributed by atoms with Gasteiger partial charge in [-0.15, -0.1) is 0 Å². The molecule has 0 aliphatic carbocycles. The molecule has 82 valence electrons. The Kier molecular flexibility index (Phi) is 2.78. The Bertz CT molecular complexity index is 545. The number of nitrogens with zero attached hydrogens (tertiary/aromatic N) is 2. The summed E-state index contributed by atoms with van der Waals surface area (Å²) < 4.78 is 2.85. The molecule has 0 aliphatic rings. The molecule has 0 atom stereocenters. The molecule has 0 saturated carbocycles. The van der Waals surface area contributed by atoms with Gasteiger partial charge in [-0.25, -0.2) is 4.98 Å². The average Bonchev–Trinajstić information content (AvgIpc) is 2.63. The molecule has 16 heavy (non-hydrogen) atoms. The summed E-state index contributed by atoms with van der Waals surface area (Å²) in [5.41, 5.74) is 7.11. The molecule has 3 N–H and O–H groups in total. The van der Waals surface area contributed by atoms with Crippen LogP contribution in [0.15, 0.2) is 35.1 Å². The van der Waals surface area contributed by atoms with Gasteiger partial charge in [0, 0.05) is 22.4 Å². The molecule has 4 nitrogen and oxygen atoms in total. The summed E-state index contributed by atoms with van der Waals surface area (Å²) in [6.45, 7) is 1.91. The minimum atomic E-state index is 0.0515. The van der Waals surface area contributed by atoms with E-state index < -0.39 is 0 Å². The number of imidazole rings is 1. The first-order chi connectivity index (χ1) is 7.59. The molecule has 5 heteroatoms. The molecule has 0 spiro atoms. The Labute approximate surface area is 102 Å². The highest BCUT2D eigenvalue weighted by Gasteiger charge is 2.09. The molecule has 2 rings (SSSR count). The van der Waals surface area contributed by atoms with Gasteiger partial charge in [-0.2, -0.15) is 0 Å². The summed E-state index contributed by atoms with van der Waals surface area (Å²) >= 11 is 3.41. The highest BCUT2D eigenvalue weighted by molar-refractivity contribution is 9.10. The van der Waals surface area contributed by atoms with Crippen LogP contribution in [0.4, 0.5) is 0 Å². The third kappa shape index (κ3) is 1.86. The van der Waals surface area contributed by atoms with E-state index in [1.807, 2.05) is 35.9 Å². The number of nitrogen functional groups attached to an aromatic ring is 1. The number of aromatic nitrogens is 2. The molecule has 0 aliphatic heterocycles. The minimum absolute atomic E-state index is 0.0515. The summed E-state index contributed by atoms with van der Waals surface area (Å²) in [6, 6.07) is 5.61. The lowest BCUT2D eigenvalue weighted by Gasteiger charge is -2.11. The number of aryl methyl sites for hydroxylation is 1. The summed E-state index contributed by atoms with van der Waals surface area (Å²) in [5.74, 6) is 0.913. The van der Waals surface area contributed by atoms with Crippen LogP contribution in [0.5, 0.6) is 0 Å². The predicted octanol–water partition coefficient (Wildman–Crippen LogP) is 2.23. The van der Waals surface area contributed by atoms with Gasteiger partial charge in [-0.05, 0) is 25.1 Å². The van der Waals surface area contributed by atoms with Crippen LogP contribution >= 0.6 is 15.9 Å². The smallest absolute Gasteiger partial charge is 0.124 e. The maximum Gasteiger partial charge on any atom is 0.124 e. The van der Waals surface area contributed by atoms with Gasteiger partial charge in [0.05, 0.1) is 5.69 Å². The van der Waals surface area contributed by atoms with Crippen LogP contribution in [0.25, 0.3) is 5.69 Å². The number of amidine groups is 1. The molecule has 1 aromatic heterocycles. The molecule has 1 aromatic carbocycles. The molecule has 2 aromatic rings. The van der Waals surface area contributed by atoms with E-state index in [0.29, 0.717) is 5.56 Å². The van der Waals surface area contributed by atoms with Crippen LogP contribution in [-0.4, -0.2) is 15.4 Å². The van der Waals surface area contributed by atoms with Gasteiger partial charge in [-0.3, -0.25) is 5.41 Å². The van der Waals surface area contributed by atoms with Crippen molar-refractivity contribution in [3.8, 4) is 5.69 Å². The summed E-state index contributed by atoms with van der Waals surface area (Å²) in [6.07, 6.45) is 3.57. The van der Waals surface area contributed by atoms with E-state index in [1.165, 1.54) is 0 Å². The molecule has 0 unspecified atom stereocenters. The molecular weight excluding hydrogens is 268 g/mol. The van der Waals surface area contributed by atoms with Gasteiger partial charge in [0.15, 0.2) is 0 Å². The standard InChI is InChI=1S/C11H11BrN4/c1-7-15-4-5-16(7)10-6-8(12)2-3-9(10)11(13)14/h2-6H,1H3,(H3,13,14). The SMILES string of the molecule is Cc1nccn1-c1cc(Br)ccc1C(=N)N. The number of hydrogen-bond acceptors (Lipinski definition) is 2. The van der Waals surface area contributed by atoms with E-state index in [2.05, 4.69) is 20.9 Å². The Hall–Kier alpha value is -1.62. The monoisotopic (exact) mass is 278 g/mol. The van der Waals surface area contributed by atoms with E-state index in [9.17, 15) is 0 Å². The van der Waals surface area contributed by atoms with Crippen LogP contribution in [-0.2, 0) is 0 Å². The molecule has 0 bridgehead atoms. The zero-order valence-electron chi connectivity index (χ0n) is 8.74. The topological polar surface area (TPSA) is 67.7 Å². The second-order valence-corrected chi connectivity index (χ2v) is 4.34. The lowest BCUT2D eigenvalue weighted by atomic mass is 10.1. The van der Waals surface area contributed by atoms with Crippen molar-refractivity contribution in [2.45, 2.75) is 6.92 Å². The molecule has 0 amide bonds. The minimum Gasteiger partial charge on any atom is -0.384 e.